The molecule has 1 aliphatic carbocycles. The molecule has 1 saturated carbocycles. The van der Waals surface area contributed by atoms with Crippen molar-refractivity contribution in [1.29, 1.82) is 0 Å². The van der Waals surface area contributed by atoms with Gasteiger partial charge in [-0.2, -0.15) is 0 Å². The maximum absolute atomic E-state index is 12.4. The molecule has 1 aromatic rings. The van der Waals surface area contributed by atoms with Gasteiger partial charge in [0.2, 0.25) is 5.91 Å². The lowest BCUT2D eigenvalue weighted by Crippen LogP contribution is -2.38. The lowest BCUT2D eigenvalue weighted by atomic mass is 9.89. The molecule has 0 radical (unpaired) electrons. The summed E-state index contributed by atoms with van der Waals surface area (Å²) >= 11 is 0. The molecule has 0 bridgehead atoms. The van der Waals surface area contributed by atoms with Crippen LogP contribution in [0.5, 0.6) is 0 Å². The van der Waals surface area contributed by atoms with Gasteiger partial charge in [-0.05, 0) is 25.2 Å². The molecule has 2 amide bonds. The molecule has 1 N–H and O–H groups in total. The van der Waals surface area contributed by atoms with E-state index in [1.54, 1.807) is 0 Å². The number of rotatable bonds is 6. The Kier molecular flexibility index (Phi) is 5.53. The van der Waals surface area contributed by atoms with Crippen molar-refractivity contribution in [2.45, 2.75) is 64.3 Å². The van der Waals surface area contributed by atoms with E-state index in [1.165, 1.54) is 38.3 Å². The molecule has 2 fully saturated rings. The Morgan fingerprint density at radius 3 is 2.92 bits per heavy atom. The van der Waals surface area contributed by atoms with Crippen LogP contribution in [0.3, 0.4) is 0 Å². The molecule has 2 heterocycles. The zero-order valence-corrected chi connectivity index (χ0v) is 14.4. The largest absolute Gasteiger partial charge is 0.361 e. The number of aryl methyl sites for hydroxylation is 1. The molecule has 0 spiro atoms. The van der Waals surface area contributed by atoms with Crippen molar-refractivity contribution in [3.8, 4) is 0 Å². The molecule has 0 aromatic carbocycles. The minimum Gasteiger partial charge on any atom is -0.361 e. The Bertz CT molecular complexity index is 578. The van der Waals surface area contributed by atoms with Crippen molar-refractivity contribution in [2.75, 3.05) is 13.1 Å². The summed E-state index contributed by atoms with van der Waals surface area (Å²) in [5.74, 6) is 1.23. The summed E-state index contributed by atoms with van der Waals surface area (Å²) in [7, 11) is 0. The molecule has 132 valence electrons. The summed E-state index contributed by atoms with van der Waals surface area (Å²) in [5.41, 5.74) is 0.495. The molecule has 1 atom stereocenters. The fraction of sp³-hybridized carbons (Fsp3) is 0.722. The van der Waals surface area contributed by atoms with Gasteiger partial charge in [0.1, 0.15) is 11.3 Å². The molecule has 0 unspecified atom stereocenters. The van der Waals surface area contributed by atoms with E-state index in [9.17, 15) is 9.59 Å². The summed E-state index contributed by atoms with van der Waals surface area (Å²) in [5, 5.41) is 6.71. The standard InChI is InChI=1S/C18H27N3O3/c1-2-6-16-15(10-19-24-16)18(23)20-14-9-17(22)21(12-14)11-13-7-4-3-5-8-13/h10,13-14H,2-9,11-12H2,1H3,(H,20,23)/t14-/m0/s1. The Balaban J connectivity index is 1.53. The van der Waals surface area contributed by atoms with Gasteiger partial charge in [-0.25, -0.2) is 0 Å². The maximum atomic E-state index is 12.4. The first-order chi connectivity index (χ1) is 11.7. The van der Waals surface area contributed by atoms with E-state index in [1.807, 2.05) is 11.8 Å². The minimum atomic E-state index is -0.183. The third-order valence-corrected chi connectivity index (χ3v) is 5.12. The minimum absolute atomic E-state index is 0.113. The summed E-state index contributed by atoms with van der Waals surface area (Å²) in [6.07, 6.45) is 9.78. The Morgan fingerprint density at radius 1 is 1.38 bits per heavy atom. The van der Waals surface area contributed by atoms with Gasteiger partial charge in [-0.15, -0.1) is 0 Å². The number of carbonyl (C=O) groups excluding carboxylic acids is 2. The van der Waals surface area contributed by atoms with Crippen molar-refractivity contribution >= 4 is 11.8 Å². The van der Waals surface area contributed by atoms with Crippen LogP contribution in [0.2, 0.25) is 0 Å². The number of aromatic nitrogens is 1. The second-order valence-corrected chi connectivity index (χ2v) is 7.09. The highest BCUT2D eigenvalue weighted by molar-refractivity contribution is 5.95. The summed E-state index contributed by atoms with van der Waals surface area (Å²) in [6, 6.07) is -0.113. The lowest BCUT2D eigenvalue weighted by molar-refractivity contribution is -0.128. The van der Waals surface area contributed by atoms with Gasteiger partial charge in [0, 0.05) is 25.9 Å². The number of nitrogens with one attached hydrogen (secondary N) is 1. The predicted octanol–water partition coefficient (Wildman–Crippen LogP) is 2.54. The molecule has 2 aliphatic rings. The van der Waals surface area contributed by atoms with Gasteiger partial charge in [-0.1, -0.05) is 31.3 Å². The van der Waals surface area contributed by atoms with Crippen LogP contribution in [0.15, 0.2) is 10.7 Å². The lowest BCUT2D eigenvalue weighted by Gasteiger charge is -2.27. The first-order valence-corrected chi connectivity index (χ1v) is 9.19. The molecular weight excluding hydrogens is 306 g/mol. The number of nitrogens with zero attached hydrogens (tertiary/aromatic N) is 2. The van der Waals surface area contributed by atoms with Crippen molar-refractivity contribution in [1.82, 2.24) is 15.4 Å². The van der Waals surface area contributed by atoms with E-state index in [0.29, 0.717) is 36.6 Å². The Morgan fingerprint density at radius 2 is 2.17 bits per heavy atom. The van der Waals surface area contributed by atoms with E-state index in [0.717, 1.165) is 13.0 Å². The van der Waals surface area contributed by atoms with Crippen molar-refractivity contribution < 1.29 is 14.1 Å². The average Bonchev–Trinajstić information content (AvgIpc) is 3.16. The van der Waals surface area contributed by atoms with Crippen LogP contribution < -0.4 is 5.32 Å². The molecule has 3 rings (SSSR count). The van der Waals surface area contributed by atoms with Gasteiger partial charge >= 0.3 is 0 Å². The molecule has 1 aromatic heterocycles. The fourth-order valence-corrected chi connectivity index (χ4v) is 3.85. The Hall–Kier alpha value is -1.85. The number of carbonyl (C=O) groups is 2. The first-order valence-electron chi connectivity index (χ1n) is 9.19. The predicted molar refractivity (Wildman–Crippen MR) is 89.5 cm³/mol. The van der Waals surface area contributed by atoms with E-state index in [-0.39, 0.29) is 17.9 Å². The topological polar surface area (TPSA) is 75.4 Å². The molecule has 1 saturated heterocycles. The summed E-state index contributed by atoms with van der Waals surface area (Å²) in [4.78, 5) is 26.6. The monoisotopic (exact) mass is 333 g/mol. The fourth-order valence-electron chi connectivity index (χ4n) is 3.85. The zero-order valence-electron chi connectivity index (χ0n) is 14.4. The van der Waals surface area contributed by atoms with Gasteiger partial charge < -0.3 is 14.7 Å². The van der Waals surface area contributed by atoms with E-state index in [4.69, 9.17) is 4.52 Å². The van der Waals surface area contributed by atoms with Gasteiger partial charge in [-0.3, -0.25) is 9.59 Å². The van der Waals surface area contributed by atoms with Crippen molar-refractivity contribution in [3.05, 3.63) is 17.5 Å². The highest BCUT2D eigenvalue weighted by Gasteiger charge is 2.33. The third kappa shape index (κ3) is 3.97. The highest BCUT2D eigenvalue weighted by atomic mass is 16.5. The third-order valence-electron chi connectivity index (χ3n) is 5.12. The number of amides is 2. The molecular formula is C18H27N3O3. The van der Waals surface area contributed by atoms with Crippen molar-refractivity contribution in [3.63, 3.8) is 0 Å². The second kappa shape index (κ2) is 7.81. The quantitative estimate of drug-likeness (QED) is 0.868. The smallest absolute Gasteiger partial charge is 0.256 e. The maximum Gasteiger partial charge on any atom is 0.256 e. The van der Waals surface area contributed by atoms with Crippen LogP contribution in [0.25, 0.3) is 0 Å². The first kappa shape index (κ1) is 17.0. The average molecular weight is 333 g/mol. The van der Waals surface area contributed by atoms with E-state index >= 15 is 0 Å². The van der Waals surface area contributed by atoms with Gasteiger partial charge in [0.15, 0.2) is 0 Å². The van der Waals surface area contributed by atoms with Gasteiger partial charge in [0.05, 0.1) is 12.2 Å². The Labute approximate surface area is 142 Å². The molecule has 6 heteroatoms. The van der Waals surface area contributed by atoms with Crippen LogP contribution >= 0.6 is 0 Å². The number of hydrogen-bond acceptors (Lipinski definition) is 4. The molecule has 24 heavy (non-hydrogen) atoms. The highest BCUT2D eigenvalue weighted by Crippen LogP contribution is 2.26. The SMILES string of the molecule is CCCc1oncc1C(=O)N[C@H]1CC(=O)N(CC2CCCCC2)C1. The molecule has 1 aliphatic heterocycles. The van der Waals surface area contributed by atoms with Crippen LogP contribution in [-0.4, -0.2) is 41.0 Å². The normalized spacial score (nSPS) is 22.1. The van der Waals surface area contributed by atoms with Crippen LogP contribution in [0, 0.1) is 5.92 Å². The van der Waals surface area contributed by atoms with Crippen LogP contribution in [-0.2, 0) is 11.2 Å². The summed E-state index contributed by atoms with van der Waals surface area (Å²) in [6.45, 7) is 3.50. The van der Waals surface area contributed by atoms with Crippen molar-refractivity contribution in [2.24, 2.45) is 5.92 Å². The zero-order chi connectivity index (χ0) is 16.9. The number of hydrogen-bond donors (Lipinski definition) is 1. The van der Waals surface area contributed by atoms with E-state index in [2.05, 4.69) is 10.5 Å². The number of likely N-dealkylation sites (tertiary alicyclic amines) is 1. The molecule has 6 nitrogen and oxygen atoms in total. The van der Waals surface area contributed by atoms with Crippen LogP contribution in [0.4, 0.5) is 0 Å². The van der Waals surface area contributed by atoms with E-state index < -0.39 is 0 Å². The second-order valence-electron chi connectivity index (χ2n) is 7.09. The summed E-state index contributed by atoms with van der Waals surface area (Å²) < 4.78 is 5.15. The van der Waals surface area contributed by atoms with Gasteiger partial charge in [0.25, 0.3) is 5.91 Å². The van der Waals surface area contributed by atoms with Crippen LogP contribution in [0.1, 0.15) is 68.0 Å².